The Morgan fingerprint density at radius 2 is 1.57 bits per heavy atom. The Labute approximate surface area is 210 Å². The lowest BCUT2D eigenvalue weighted by molar-refractivity contribution is 1.05. The van der Waals surface area contributed by atoms with Crippen molar-refractivity contribution in [3.05, 3.63) is 102 Å². The van der Waals surface area contributed by atoms with Gasteiger partial charge in [0.15, 0.2) is 5.82 Å². The maximum atomic E-state index is 6.00. The summed E-state index contributed by atoms with van der Waals surface area (Å²) in [4.78, 5) is 15.5. The maximum Gasteiger partial charge on any atom is 0.161 e. The van der Waals surface area contributed by atoms with Crippen LogP contribution < -0.4 is 5.32 Å². The zero-order chi connectivity index (χ0) is 23.6. The molecule has 1 N–H and O–H groups in total. The van der Waals surface area contributed by atoms with Crippen molar-refractivity contribution in [3.63, 3.8) is 0 Å². The standard InChI is InChI=1S/C27H17ClN6S/c28-17-7-12-23(31-16-17)25-20-4-1-2-5-21(20)27(34-33-25)32-18-8-10-19(11-9-18)35-24-13-15-29-22-6-3-14-30-26(22)24/h1-16H,(H,32,34). The van der Waals surface area contributed by atoms with Gasteiger partial charge in [-0.25, -0.2) is 0 Å². The molecule has 0 fully saturated rings. The molecular weight excluding hydrogens is 476 g/mol. The van der Waals surface area contributed by atoms with Crippen molar-refractivity contribution in [2.45, 2.75) is 9.79 Å². The normalized spacial score (nSPS) is 11.1. The monoisotopic (exact) mass is 492 g/mol. The first-order valence-electron chi connectivity index (χ1n) is 10.9. The second kappa shape index (κ2) is 9.29. The van der Waals surface area contributed by atoms with Crippen LogP contribution in [-0.2, 0) is 0 Å². The number of pyridine rings is 3. The van der Waals surface area contributed by atoms with Crippen LogP contribution in [0.3, 0.4) is 0 Å². The predicted molar refractivity (Wildman–Crippen MR) is 141 cm³/mol. The van der Waals surface area contributed by atoms with Gasteiger partial charge in [0.05, 0.1) is 16.2 Å². The molecule has 0 unspecified atom stereocenters. The summed E-state index contributed by atoms with van der Waals surface area (Å²) in [6, 6.07) is 25.7. The molecule has 168 valence electrons. The molecule has 0 radical (unpaired) electrons. The summed E-state index contributed by atoms with van der Waals surface area (Å²) in [7, 11) is 0. The van der Waals surface area contributed by atoms with Crippen LogP contribution in [0.25, 0.3) is 33.2 Å². The first-order valence-corrected chi connectivity index (χ1v) is 12.1. The van der Waals surface area contributed by atoms with E-state index < -0.39 is 0 Å². The van der Waals surface area contributed by atoms with Gasteiger partial charge in [0.1, 0.15) is 11.2 Å². The number of nitrogens with zero attached hydrogens (tertiary/aromatic N) is 5. The number of hydrogen-bond acceptors (Lipinski definition) is 7. The highest BCUT2D eigenvalue weighted by Crippen LogP contribution is 2.34. The summed E-state index contributed by atoms with van der Waals surface area (Å²) in [5, 5.41) is 14.9. The molecule has 0 aliphatic carbocycles. The Morgan fingerprint density at radius 3 is 2.40 bits per heavy atom. The molecule has 0 saturated carbocycles. The summed E-state index contributed by atoms with van der Waals surface area (Å²) in [6.45, 7) is 0. The molecule has 6 aromatic rings. The minimum Gasteiger partial charge on any atom is -0.338 e. The predicted octanol–water partition coefficient (Wildman–Crippen LogP) is 7.18. The lowest BCUT2D eigenvalue weighted by atomic mass is 10.1. The zero-order valence-corrected chi connectivity index (χ0v) is 19.8. The highest BCUT2D eigenvalue weighted by Gasteiger charge is 2.12. The minimum atomic E-state index is 0.583. The highest BCUT2D eigenvalue weighted by atomic mass is 35.5. The van der Waals surface area contributed by atoms with E-state index in [1.807, 2.05) is 66.9 Å². The summed E-state index contributed by atoms with van der Waals surface area (Å²) >= 11 is 7.66. The lowest BCUT2D eigenvalue weighted by Gasteiger charge is -2.11. The van der Waals surface area contributed by atoms with E-state index in [1.54, 1.807) is 30.2 Å². The molecule has 2 aromatic carbocycles. The molecule has 0 aliphatic rings. The van der Waals surface area contributed by atoms with Gasteiger partial charge in [-0.05, 0) is 54.6 Å². The van der Waals surface area contributed by atoms with E-state index in [-0.39, 0.29) is 0 Å². The van der Waals surface area contributed by atoms with Crippen molar-refractivity contribution < 1.29 is 0 Å². The second-order valence-corrected chi connectivity index (χ2v) is 9.29. The molecule has 0 bridgehead atoms. The molecule has 0 amide bonds. The van der Waals surface area contributed by atoms with Gasteiger partial charge in [-0.3, -0.25) is 15.0 Å². The SMILES string of the molecule is Clc1ccc(-c2nnc(Nc3ccc(Sc4ccnc5cccnc45)cc3)c3ccccc23)nc1. The second-order valence-electron chi connectivity index (χ2n) is 7.74. The molecule has 0 atom stereocenters. The van der Waals surface area contributed by atoms with Crippen LogP contribution in [-0.4, -0.2) is 25.1 Å². The largest absolute Gasteiger partial charge is 0.338 e. The number of nitrogens with one attached hydrogen (secondary N) is 1. The van der Waals surface area contributed by atoms with E-state index in [9.17, 15) is 0 Å². The maximum absolute atomic E-state index is 6.00. The molecule has 6 rings (SSSR count). The van der Waals surface area contributed by atoms with E-state index >= 15 is 0 Å². The van der Waals surface area contributed by atoms with Crippen LogP contribution in [0.4, 0.5) is 11.5 Å². The van der Waals surface area contributed by atoms with Gasteiger partial charge in [0, 0.05) is 44.8 Å². The summed E-state index contributed by atoms with van der Waals surface area (Å²) in [5.41, 5.74) is 4.15. The molecule has 0 saturated heterocycles. The number of halogens is 1. The van der Waals surface area contributed by atoms with Crippen molar-refractivity contribution in [2.75, 3.05) is 5.32 Å². The van der Waals surface area contributed by atoms with Gasteiger partial charge in [-0.15, -0.1) is 10.2 Å². The minimum absolute atomic E-state index is 0.583. The van der Waals surface area contributed by atoms with Crippen LogP contribution in [0, 0.1) is 0 Å². The molecule has 4 aromatic heterocycles. The average Bonchev–Trinajstić information content (AvgIpc) is 2.91. The number of aromatic nitrogens is 5. The third kappa shape index (κ3) is 4.39. The van der Waals surface area contributed by atoms with Crippen molar-refractivity contribution in [1.82, 2.24) is 25.1 Å². The van der Waals surface area contributed by atoms with E-state index in [0.29, 0.717) is 16.5 Å². The number of benzene rings is 2. The Balaban J connectivity index is 1.28. The van der Waals surface area contributed by atoms with Crippen molar-refractivity contribution in [3.8, 4) is 11.4 Å². The van der Waals surface area contributed by atoms with Crippen molar-refractivity contribution in [2.24, 2.45) is 0 Å². The van der Waals surface area contributed by atoms with E-state index in [4.69, 9.17) is 11.6 Å². The van der Waals surface area contributed by atoms with E-state index in [2.05, 4.69) is 42.6 Å². The van der Waals surface area contributed by atoms with Gasteiger partial charge in [0.25, 0.3) is 0 Å². The van der Waals surface area contributed by atoms with Crippen LogP contribution in [0.5, 0.6) is 0 Å². The van der Waals surface area contributed by atoms with Gasteiger partial charge < -0.3 is 5.32 Å². The summed E-state index contributed by atoms with van der Waals surface area (Å²) in [5.74, 6) is 0.683. The molecule has 35 heavy (non-hydrogen) atoms. The van der Waals surface area contributed by atoms with E-state index in [1.165, 1.54) is 0 Å². The molecular formula is C27H17ClN6S. The van der Waals surface area contributed by atoms with Crippen LogP contribution in [0.2, 0.25) is 5.02 Å². The number of anilines is 2. The third-order valence-corrected chi connectivity index (χ3v) is 6.74. The lowest BCUT2D eigenvalue weighted by Crippen LogP contribution is -1.99. The first kappa shape index (κ1) is 21.5. The van der Waals surface area contributed by atoms with E-state index in [0.717, 1.165) is 43.0 Å². The highest BCUT2D eigenvalue weighted by molar-refractivity contribution is 7.99. The fourth-order valence-electron chi connectivity index (χ4n) is 3.81. The fourth-order valence-corrected chi connectivity index (χ4v) is 4.83. The quantitative estimate of drug-likeness (QED) is 0.273. The van der Waals surface area contributed by atoms with Gasteiger partial charge >= 0.3 is 0 Å². The third-order valence-electron chi connectivity index (χ3n) is 5.46. The Morgan fingerprint density at radius 1 is 0.714 bits per heavy atom. The molecule has 0 spiro atoms. The number of fused-ring (bicyclic) bond motifs is 2. The average molecular weight is 493 g/mol. The molecule has 4 heterocycles. The number of rotatable bonds is 5. The summed E-state index contributed by atoms with van der Waals surface area (Å²) in [6.07, 6.45) is 5.22. The van der Waals surface area contributed by atoms with Crippen LogP contribution >= 0.6 is 23.4 Å². The zero-order valence-electron chi connectivity index (χ0n) is 18.3. The topological polar surface area (TPSA) is 76.5 Å². The Hall–Kier alpha value is -4.07. The molecule has 8 heteroatoms. The van der Waals surface area contributed by atoms with Gasteiger partial charge in [0.2, 0.25) is 0 Å². The number of hydrogen-bond donors (Lipinski definition) is 1. The van der Waals surface area contributed by atoms with Crippen molar-refractivity contribution in [1.29, 1.82) is 0 Å². The Bertz CT molecular complexity index is 1650. The summed E-state index contributed by atoms with van der Waals surface area (Å²) < 4.78 is 0. The van der Waals surface area contributed by atoms with Gasteiger partial charge in [-0.1, -0.05) is 47.6 Å². The first-order chi connectivity index (χ1) is 17.2. The molecule has 6 nitrogen and oxygen atoms in total. The van der Waals surface area contributed by atoms with Crippen molar-refractivity contribution >= 4 is 56.7 Å². The fraction of sp³-hybridized carbons (Fsp3) is 0. The smallest absolute Gasteiger partial charge is 0.161 e. The van der Waals surface area contributed by atoms with Crippen LogP contribution in [0.15, 0.2) is 107 Å². The van der Waals surface area contributed by atoms with Crippen LogP contribution in [0.1, 0.15) is 0 Å². The molecule has 0 aliphatic heterocycles. The van der Waals surface area contributed by atoms with Gasteiger partial charge in [-0.2, -0.15) is 0 Å². The Kier molecular flexibility index (Phi) is 5.70.